The summed E-state index contributed by atoms with van der Waals surface area (Å²) in [6, 6.07) is 0.426. The fraction of sp³-hybridized carbons (Fsp3) is 0.917. The molecular formula is C12H25N3O. The van der Waals surface area contributed by atoms with Crippen LogP contribution in [-0.4, -0.2) is 42.5 Å². The van der Waals surface area contributed by atoms with E-state index in [0.717, 1.165) is 38.8 Å². The van der Waals surface area contributed by atoms with E-state index in [1.165, 1.54) is 0 Å². The summed E-state index contributed by atoms with van der Waals surface area (Å²) < 4.78 is 0. The zero-order valence-corrected chi connectivity index (χ0v) is 10.8. The van der Waals surface area contributed by atoms with Crippen molar-refractivity contribution >= 4 is 5.91 Å². The van der Waals surface area contributed by atoms with Crippen molar-refractivity contribution in [2.24, 2.45) is 5.73 Å². The van der Waals surface area contributed by atoms with Gasteiger partial charge in [0.1, 0.15) is 0 Å². The van der Waals surface area contributed by atoms with Crippen molar-refractivity contribution in [2.75, 3.05) is 20.1 Å². The maximum Gasteiger partial charge on any atom is 0.242 e. The number of likely N-dealkylation sites (N-methyl/N-ethyl adjacent to an activating group) is 1. The lowest BCUT2D eigenvalue weighted by Gasteiger charge is -2.37. The molecule has 0 aromatic heterocycles. The smallest absolute Gasteiger partial charge is 0.242 e. The predicted octanol–water partition coefficient (Wildman–Crippen LogP) is 0.714. The lowest BCUT2D eigenvalue weighted by Crippen LogP contribution is -2.57. The number of nitrogens with zero attached hydrogens (tertiary/aromatic N) is 1. The Kier molecular flexibility index (Phi) is 4.74. The summed E-state index contributed by atoms with van der Waals surface area (Å²) in [6.45, 7) is 5.56. The highest BCUT2D eigenvalue weighted by Crippen LogP contribution is 2.17. The van der Waals surface area contributed by atoms with Crippen LogP contribution in [0.1, 0.15) is 39.5 Å². The van der Waals surface area contributed by atoms with Crippen molar-refractivity contribution in [3.05, 3.63) is 0 Å². The van der Waals surface area contributed by atoms with Gasteiger partial charge in [0.25, 0.3) is 0 Å². The molecular weight excluding hydrogens is 202 g/mol. The van der Waals surface area contributed by atoms with Crippen LogP contribution in [0.4, 0.5) is 0 Å². The third-order valence-electron chi connectivity index (χ3n) is 3.37. The Hall–Kier alpha value is -0.610. The second kappa shape index (κ2) is 5.64. The van der Waals surface area contributed by atoms with E-state index in [2.05, 4.69) is 12.2 Å². The Morgan fingerprint density at radius 2 is 2.31 bits per heavy atom. The number of carbonyl (C=O) groups excluding carboxylic acids is 1. The number of hydrogen-bond acceptors (Lipinski definition) is 3. The highest BCUT2D eigenvalue weighted by molar-refractivity contribution is 5.85. The molecule has 1 saturated heterocycles. The monoisotopic (exact) mass is 227 g/mol. The van der Waals surface area contributed by atoms with Gasteiger partial charge in [-0.15, -0.1) is 0 Å². The summed E-state index contributed by atoms with van der Waals surface area (Å²) in [7, 11) is 1.95. The lowest BCUT2D eigenvalue weighted by atomic mass is 9.94. The molecule has 1 rings (SSSR count). The van der Waals surface area contributed by atoms with Gasteiger partial charge in [-0.1, -0.05) is 13.3 Å². The molecule has 2 unspecified atom stereocenters. The summed E-state index contributed by atoms with van der Waals surface area (Å²) in [5.41, 5.74) is 5.39. The zero-order valence-electron chi connectivity index (χ0n) is 10.8. The van der Waals surface area contributed by atoms with Crippen LogP contribution in [0.15, 0.2) is 0 Å². The van der Waals surface area contributed by atoms with Crippen molar-refractivity contribution in [3.8, 4) is 0 Å². The quantitative estimate of drug-likeness (QED) is 0.744. The SMILES string of the molecule is CCCC(C)(N)C(=O)N1CCCC(NC)C1. The van der Waals surface area contributed by atoms with Crippen molar-refractivity contribution < 1.29 is 4.79 Å². The number of likely N-dealkylation sites (tertiary alicyclic amines) is 1. The van der Waals surface area contributed by atoms with Gasteiger partial charge in [-0.25, -0.2) is 0 Å². The van der Waals surface area contributed by atoms with E-state index >= 15 is 0 Å². The molecule has 1 amide bonds. The molecule has 94 valence electrons. The van der Waals surface area contributed by atoms with Crippen LogP contribution in [0.3, 0.4) is 0 Å². The molecule has 4 nitrogen and oxygen atoms in total. The van der Waals surface area contributed by atoms with Crippen LogP contribution < -0.4 is 11.1 Å². The number of amides is 1. The molecule has 0 radical (unpaired) electrons. The molecule has 0 bridgehead atoms. The van der Waals surface area contributed by atoms with E-state index < -0.39 is 5.54 Å². The standard InChI is InChI=1S/C12H25N3O/c1-4-7-12(2,13)11(16)15-8-5-6-10(9-15)14-3/h10,14H,4-9,13H2,1-3H3. The van der Waals surface area contributed by atoms with Crippen LogP contribution in [0.25, 0.3) is 0 Å². The largest absolute Gasteiger partial charge is 0.340 e. The number of hydrogen-bond donors (Lipinski definition) is 2. The van der Waals surface area contributed by atoms with Crippen LogP contribution >= 0.6 is 0 Å². The normalized spacial score (nSPS) is 25.2. The van der Waals surface area contributed by atoms with Gasteiger partial charge < -0.3 is 16.0 Å². The molecule has 1 heterocycles. The first-order chi connectivity index (χ1) is 7.51. The Balaban J connectivity index is 2.59. The van der Waals surface area contributed by atoms with Gasteiger partial charge in [0.05, 0.1) is 5.54 Å². The van der Waals surface area contributed by atoms with Crippen LogP contribution in [0, 0.1) is 0 Å². The third kappa shape index (κ3) is 3.19. The second-order valence-corrected chi connectivity index (χ2v) is 5.05. The summed E-state index contributed by atoms with van der Waals surface area (Å²) in [4.78, 5) is 14.2. The van der Waals surface area contributed by atoms with Crippen molar-refractivity contribution in [1.82, 2.24) is 10.2 Å². The molecule has 2 atom stereocenters. The van der Waals surface area contributed by atoms with Gasteiger partial charge in [0.15, 0.2) is 0 Å². The maximum absolute atomic E-state index is 12.2. The fourth-order valence-corrected chi connectivity index (χ4v) is 2.38. The minimum atomic E-state index is -0.690. The molecule has 0 saturated carbocycles. The van der Waals surface area contributed by atoms with Crippen molar-refractivity contribution in [1.29, 1.82) is 0 Å². The van der Waals surface area contributed by atoms with Crippen LogP contribution in [0.2, 0.25) is 0 Å². The Morgan fingerprint density at radius 1 is 1.62 bits per heavy atom. The molecule has 4 heteroatoms. The van der Waals surface area contributed by atoms with Gasteiger partial charge in [-0.3, -0.25) is 4.79 Å². The molecule has 16 heavy (non-hydrogen) atoms. The lowest BCUT2D eigenvalue weighted by molar-refractivity contribution is -0.138. The van der Waals surface area contributed by atoms with E-state index in [-0.39, 0.29) is 5.91 Å². The summed E-state index contributed by atoms with van der Waals surface area (Å²) in [6.07, 6.45) is 3.92. The first-order valence-corrected chi connectivity index (χ1v) is 6.26. The maximum atomic E-state index is 12.2. The number of carbonyl (C=O) groups is 1. The molecule has 0 aromatic rings. The Bertz CT molecular complexity index is 240. The Morgan fingerprint density at radius 3 is 2.88 bits per heavy atom. The average molecular weight is 227 g/mol. The average Bonchev–Trinajstić information content (AvgIpc) is 2.28. The molecule has 0 spiro atoms. The first-order valence-electron chi connectivity index (χ1n) is 6.26. The second-order valence-electron chi connectivity index (χ2n) is 5.05. The van der Waals surface area contributed by atoms with Gasteiger partial charge in [-0.2, -0.15) is 0 Å². The number of piperidine rings is 1. The van der Waals surface area contributed by atoms with Gasteiger partial charge >= 0.3 is 0 Å². The molecule has 1 aliphatic heterocycles. The number of rotatable bonds is 4. The number of nitrogens with two attached hydrogens (primary N) is 1. The third-order valence-corrected chi connectivity index (χ3v) is 3.37. The van der Waals surface area contributed by atoms with Crippen LogP contribution in [-0.2, 0) is 4.79 Å². The molecule has 3 N–H and O–H groups in total. The minimum Gasteiger partial charge on any atom is -0.340 e. The van der Waals surface area contributed by atoms with E-state index in [4.69, 9.17) is 5.73 Å². The Labute approximate surface area is 98.6 Å². The molecule has 0 aliphatic carbocycles. The van der Waals surface area contributed by atoms with Crippen molar-refractivity contribution in [2.45, 2.75) is 51.1 Å². The van der Waals surface area contributed by atoms with E-state index in [1.807, 2.05) is 18.9 Å². The topological polar surface area (TPSA) is 58.4 Å². The minimum absolute atomic E-state index is 0.106. The number of nitrogens with one attached hydrogen (secondary N) is 1. The van der Waals surface area contributed by atoms with Gasteiger partial charge in [0.2, 0.25) is 5.91 Å². The first kappa shape index (κ1) is 13.5. The van der Waals surface area contributed by atoms with Gasteiger partial charge in [0, 0.05) is 19.1 Å². The van der Waals surface area contributed by atoms with E-state index in [0.29, 0.717) is 6.04 Å². The molecule has 1 aliphatic rings. The van der Waals surface area contributed by atoms with E-state index in [1.54, 1.807) is 0 Å². The highest BCUT2D eigenvalue weighted by atomic mass is 16.2. The fourth-order valence-electron chi connectivity index (χ4n) is 2.38. The summed E-state index contributed by atoms with van der Waals surface area (Å²) in [5.74, 6) is 0.106. The van der Waals surface area contributed by atoms with Gasteiger partial charge in [-0.05, 0) is 33.2 Å². The predicted molar refractivity (Wildman–Crippen MR) is 66.2 cm³/mol. The van der Waals surface area contributed by atoms with Crippen LogP contribution in [0.5, 0.6) is 0 Å². The zero-order chi connectivity index (χ0) is 12.2. The molecule has 1 fully saturated rings. The highest BCUT2D eigenvalue weighted by Gasteiger charge is 2.33. The van der Waals surface area contributed by atoms with E-state index in [9.17, 15) is 4.79 Å². The summed E-state index contributed by atoms with van der Waals surface area (Å²) in [5, 5.41) is 3.24. The summed E-state index contributed by atoms with van der Waals surface area (Å²) >= 11 is 0. The molecule has 0 aromatic carbocycles. The van der Waals surface area contributed by atoms with Crippen molar-refractivity contribution in [3.63, 3.8) is 0 Å².